The molecule has 5 heteroatoms. The van der Waals surface area contributed by atoms with Crippen LogP contribution in [0.3, 0.4) is 0 Å². The lowest BCUT2D eigenvalue weighted by Crippen LogP contribution is -2.71. The average Bonchev–Trinajstić information content (AvgIpc) is 1.77. The van der Waals surface area contributed by atoms with Crippen LogP contribution in [-0.4, -0.2) is 19.3 Å². The molecule has 3 rings (SSSR count). The van der Waals surface area contributed by atoms with E-state index in [0.717, 1.165) is 0 Å². The minimum absolute atomic E-state index is 0.0732. The predicted molar refractivity (Wildman–Crippen MR) is 36.8 cm³/mol. The molecule has 13 heavy (non-hydrogen) atoms. The van der Waals surface area contributed by atoms with E-state index in [1.165, 1.54) is 7.11 Å². The van der Waals surface area contributed by atoms with Gasteiger partial charge in [-0.1, -0.05) is 0 Å². The average molecular weight is 194 g/mol. The normalized spacial score (nSPS) is 41.8. The first kappa shape index (κ1) is 8.84. The van der Waals surface area contributed by atoms with Gasteiger partial charge in [0, 0.05) is 0 Å². The second-order valence-corrected chi connectivity index (χ2v) is 4.08. The maximum Gasteiger partial charge on any atom is 0.394 e. The van der Waals surface area contributed by atoms with Crippen LogP contribution in [-0.2, 0) is 9.53 Å². The molecule has 0 aliphatic heterocycles. The Morgan fingerprint density at radius 1 is 1.31 bits per heavy atom. The van der Waals surface area contributed by atoms with Gasteiger partial charge in [0.05, 0.1) is 17.9 Å². The number of carbonyl (C=O) groups excluding carboxylic acids is 1. The fourth-order valence-corrected chi connectivity index (χ4v) is 2.52. The third-order valence-electron chi connectivity index (χ3n) is 3.25. The highest BCUT2D eigenvalue weighted by Crippen LogP contribution is 2.78. The smallest absolute Gasteiger partial charge is 0.394 e. The molecule has 74 valence electrons. The van der Waals surface area contributed by atoms with E-state index >= 15 is 0 Å². The molecule has 0 saturated heterocycles. The summed E-state index contributed by atoms with van der Waals surface area (Å²) in [6.07, 6.45) is -4.37. The van der Waals surface area contributed by atoms with Crippen molar-refractivity contribution in [2.45, 2.75) is 25.4 Å². The van der Waals surface area contributed by atoms with Gasteiger partial charge < -0.3 is 4.74 Å². The van der Waals surface area contributed by atoms with Gasteiger partial charge in [-0.25, -0.2) is 0 Å². The van der Waals surface area contributed by atoms with Crippen LogP contribution in [0.25, 0.3) is 0 Å². The summed E-state index contributed by atoms with van der Waals surface area (Å²) in [5, 5.41) is 0. The number of halogens is 3. The van der Waals surface area contributed by atoms with Gasteiger partial charge in [-0.3, -0.25) is 4.79 Å². The minimum atomic E-state index is -4.15. The quantitative estimate of drug-likeness (QED) is 0.596. The zero-order valence-electron chi connectivity index (χ0n) is 7.07. The van der Waals surface area contributed by atoms with Gasteiger partial charge in [0.2, 0.25) is 0 Å². The van der Waals surface area contributed by atoms with Crippen molar-refractivity contribution in [3.05, 3.63) is 0 Å². The molecule has 2 bridgehead atoms. The van der Waals surface area contributed by atoms with E-state index in [1.807, 2.05) is 0 Å². The van der Waals surface area contributed by atoms with E-state index in [1.54, 1.807) is 0 Å². The molecule has 2 nitrogen and oxygen atoms in total. The number of carbonyl (C=O) groups is 1. The highest BCUT2D eigenvalue weighted by molar-refractivity contribution is 5.81. The first-order valence-corrected chi connectivity index (χ1v) is 4.00. The van der Waals surface area contributed by atoms with E-state index in [4.69, 9.17) is 0 Å². The molecular formula is C8H9F3O2. The molecule has 3 aliphatic rings. The Morgan fingerprint density at radius 3 is 2.08 bits per heavy atom. The Hall–Kier alpha value is -0.740. The van der Waals surface area contributed by atoms with Gasteiger partial charge in [-0.2, -0.15) is 13.2 Å². The van der Waals surface area contributed by atoms with Crippen LogP contribution in [0.5, 0.6) is 0 Å². The zero-order valence-corrected chi connectivity index (χ0v) is 7.07. The number of hydrogen-bond donors (Lipinski definition) is 0. The molecule has 0 spiro atoms. The van der Waals surface area contributed by atoms with E-state index in [-0.39, 0.29) is 19.3 Å². The number of esters is 1. The molecular weight excluding hydrogens is 185 g/mol. The van der Waals surface area contributed by atoms with Gasteiger partial charge in [0.1, 0.15) is 0 Å². The predicted octanol–water partition coefficient (Wildman–Crippen LogP) is 1.89. The van der Waals surface area contributed by atoms with Crippen LogP contribution in [0.15, 0.2) is 0 Å². The molecule has 0 aromatic carbocycles. The fraction of sp³-hybridized carbons (Fsp3) is 0.875. The van der Waals surface area contributed by atoms with Gasteiger partial charge in [-0.15, -0.1) is 0 Å². The van der Waals surface area contributed by atoms with Crippen LogP contribution in [0.1, 0.15) is 19.3 Å². The molecule has 0 N–H and O–H groups in total. The number of alkyl halides is 3. The summed E-state index contributed by atoms with van der Waals surface area (Å²) in [5.74, 6) is -0.487. The molecule has 0 unspecified atom stereocenters. The molecule has 0 aromatic heterocycles. The van der Waals surface area contributed by atoms with Crippen molar-refractivity contribution in [1.82, 2.24) is 0 Å². The first-order valence-electron chi connectivity index (χ1n) is 4.00. The molecule has 0 atom stereocenters. The maximum atomic E-state index is 12.3. The summed E-state index contributed by atoms with van der Waals surface area (Å²) in [6, 6.07) is 0. The van der Waals surface area contributed by atoms with Crippen LogP contribution < -0.4 is 0 Å². The standard InChI is InChI=1S/C8H9F3O2/c1-13-5(12)6-2-7(3-6,4-6)8(9,10)11/h2-4H2,1H3. The van der Waals surface area contributed by atoms with Gasteiger partial charge in [0.25, 0.3) is 0 Å². The molecule has 3 aliphatic carbocycles. The Morgan fingerprint density at radius 2 is 1.77 bits per heavy atom. The highest BCUT2D eigenvalue weighted by Gasteiger charge is 2.81. The number of ether oxygens (including phenoxy) is 1. The molecule has 3 fully saturated rings. The van der Waals surface area contributed by atoms with Crippen molar-refractivity contribution >= 4 is 5.97 Å². The molecule has 0 aromatic rings. The lowest BCUT2D eigenvalue weighted by molar-refractivity contribution is -0.355. The summed E-state index contributed by atoms with van der Waals surface area (Å²) in [5.41, 5.74) is -2.34. The molecule has 3 saturated carbocycles. The lowest BCUT2D eigenvalue weighted by atomic mass is 9.35. The van der Waals surface area contributed by atoms with Crippen LogP contribution in [0.4, 0.5) is 13.2 Å². The Balaban J connectivity index is 2.04. The van der Waals surface area contributed by atoms with Crippen LogP contribution in [0.2, 0.25) is 0 Å². The largest absolute Gasteiger partial charge is 0.469 e. The number of methoxy groups -OCH3 is 1. The molecule has 0 radical (unpaired) electrons. The van der Waals surface area contributed by atoms with Gasteiger partial charge in [-0.05, 0) is 19.3 Å². The molecule has 0 amide bonds. The van der Waals surface area contributed by atoms with Crippen LogP contribution >= 0.6 is 0 Å². The van der Waals surface area contributed by atoms with Crippen molar-refractivity contribution < 1.29 is 22.7 Å². The van der Waals surface area contributed by atoms with Crippen molar-refractivity contribution in [2.24, 2.45) is 10.8 Å². The van der Waals surface area contributed by atoms with Crippen LogP contribution in [0, 0.1) is 10.8 Å². The van der Waals surface area contributed by atoms with E-state index < -0.39 is 23.0 Å². The topological polar surface area (TPSA) is 26.3 Å². The van der Waals surface area contributed by atoms with Crippen molar-refractivity contribution in [3.63, 3.8) is 0 Å². The first-order chi connectivity index (χ1) is 5.85. The second-order valence-electron chi connectivity index (χ2n) is 4.08. The third-order valence-corrected chi connectivity index (χ3v) is 3.25. The van der Waals surface area contributed by atoms with E-state index in [9.17, 15) is 18.0 Å². The second kappa shape index (κ2) is 2.01. The maximum absolute atomic E-state index is 12.3. The Labute approximate surface area is 73.1 Å². The number of hydrogen-bond acceptors (Lipinski definition) is 2. The summed E-state index contributed by atoms with van der Waals surface area (Å²) < 4.78 is 41.4. The van der Waals surface area contributed by atoms with Crippen molar-refractivity contribution in [3.8, 4) is 0 Å². The van der Waals surface area contributed by atoms with E-state index in [2.05, 4.69) is 4.74 Å². The SMILES string of the molecule is COC(=O)C12CC(C(F)(F)F)(C1)C2. The minimum Gasteiger partial charge on any atom is -0.469 e. The number of rotatable bonds is 1. The zero-order chi connectivity index (χ0) is 9.91. The van der Waals surface area contributed by atoms with Gasteiger partial charge in [0.15, 0.2) is 0 Å². The Bertz CT molecular complexity index is 249. The lowest BCUT2D eigenvalue weighted by Gasteiger charge is -2.68. The van der Waals surface area contributed by atoms with Crippen molar-refractivity contribution in [1.29, 1.82) is 0 Å². The Kier molecular flexibility index (Phi) is 1.37. The molecule has 0 heterocycles. The van der Waals surface area contributed by atoms with Crippen molar-refractivity contribution in [2.75, 3.05) is 7.11 Å². The summed E-state index contributed by atoms with van der Waals surface area (Å²) >= 11 is 0. The van der Waals surface area contributed by atoms with Gasteiger partial charge >= 0.3 is 12.1 Å². The fourth-order valence-electron chi connectivity index (χ4n) is 2.52. The van der Waals surface area contributed by atoms with E-state index in [0.29, 0.717) is 0 Å². The monoisotopic (exact) mass is 194 g/mol. The summed E-state index contributed by atoms with van der Waals surface area (Å²) in [4.78, 5) is 11.0. The highest BCUT2D eigenvalue weighted by atomic mass is 19.4. The summed E-state index contributed by atoms with van der Waals surface area (Å²) in [7, 11) is 1.21. The summed E-state index contributed by atoms with van der Waals surface area (Å²) in [6.45, 7) is 0. The third kappa shape index (κ3) is 0.823.